The van der Waals surface area contributed by atoms with E-state index in [1.54, 1.807) is 18.2 Å². The first kappa shape index (κ1) is 18.8. The van der Waals surface area contributed by atoms with Crippen LogP contribution in [-0.2, 0) is 4.79 Å². The number of aliphatic carboxylic acids is 1. The summed E-state index contributed by atoms with van der Waals surface area (Å²) in [5.41, 5.74) is 1.86. The van der Waals surface area contributed by atoms with Gasteiger partial charge in [0.15, 0.2) is 0 Å². The third-order valence-electron chi connectivity index (χ3n) is 4.37. The molecule has 1 heterocycles. The average Bonchev–Trinajstić information content (AvgIpc) is 2.56. The van der Waals surface area contributed by atoms with Gasteiger partial charge in [-0.05, 0) is 43.9 Å². The maximum absolute atomic E-state index is 12.6. The summed E-state index contributed by atoms with van der Waals surface area (Å²) < 4.78 is 0. The molecule has 0 radical (unpaired) electrons. The van der Waals surface area contributed by atoms with Gasteiger partial charge in [0.2, 0.25) is 0 Å². The standard InChI is InChI=1S/C18H25N3O4/c1-4-19-16(22)13-6-5-12(3)15(8-13)20-18(25)21-9-11(2)7-14(10-21)17(23)24/h5-6,8,11,14H,4,7,9-10H2,1-3H3,(H,19,22)(H,20,25)(H,23,24). The van der Waals surface area contributed by atoms with Crippen molar-refractivity contribution in [2.24, 2.45) is 11.8 Å². The summed E-state index contributed by atoms with van der Waals surface area (Å²) in [6.45, 7) is 6.86. The first-order chi connectivity index (χ1) is 11.8. The molecule has 25 heavy (non-hydrogen) atoms. The number of piperidine rings is 1. The van der Waals surface area contributed by atoms with E-state index in [-0.39, 0.29) is 24.4 Å². The lowest BCUT2D eigenvalue weighted by Gasteiger charge is -2.34. The van der Waals surface area contributed by atoms with Crippen LogP contribution in [0.15, 0.2) is 18.2 Å². The number of urea groups is 1. The number of nitrogens with zero attached hydrogens (tertiary/aromatic N) is 1. The molecule has 1 aromatic rings. The molecular formula is C18H25N3O4. The topological polar surface area (TPSA) is 98.7 Å². The number of amides is 3. The monoisotopic (exact) mass is 347 g/mol. The van der Waals surface area contributed by atoms with Crippen molar-refractivity contribution in [2.75, 3.05) is 25.0 Å². The zero-order valence-corrected chi connectivity index (χ0v) is 14.8. The molecular weight excluding hydrogens is 322 g/mol. The maximum Gasteiger partial charge on any atom is 0.321 e. The van der Waals surface area contributed by atoms with E-state index in [1.807, 2.05) is 20.8 Å². The van der Waals surface area contributed by atoms with Gasteiger partial charge >= 0.3 is 12.0 Å². The second kappa shape index (κ2) is 8.00. The highest BCUT2D eigenvalue weighted by molar-refractivity contribution is 5.97. The van der Waals surface area contributed by atoms with E-state index in [4.69, 9.17) is 0 Å². The quantitative estimate of drug-likeness (QED) is 0.778. The van der Waals surface area contributed by atoms with E-state index >= 15 is 0 Å². The van der Waals surface area contributed by atoms with Crippen LogP contribution in [0.2, 0.25) is 0 Å². The van der Waals surface area contributed by atoms with Crippen LogP contribution in [0.25, 0.3) is 0 Å². The highest BCUT2D eigenvalue weighted by Gasteiger charge is 2.32. The van der Waals surface area contributed by atoms with Crippen LogP contribution in [0.4, 0.5) is 10.5 Å². The zero-order chi connectivity index (χ0) is 18.6. The van der Waals surface area contributed by atoms with Gasteiger partial charge in [-0.2, -0.15) is 0 Å². The Bertz CT molecular complexity index is 674. The van der Waals surface area contributed by atoms with Crippen molar-refractivity contribution < 1.29 is 19.5 Å². The second-order valence-corrected chi connectivity index (χ2v) is 6.60. The zero-order valence-electron chi connectivity index (χ0n) is 14.8. The van der Waals surface area contributed by atoms with E-state index in [2.05, 4.69) is 10.6 Å². The van der Waals surface area contributed by atoms with Gasteiger partial charge in [-0.3, -0.25) is 9.59 Å². The van der Waals surface area contributed by atoms with E-state index in [9.17, 15) is 19.5 Å². The molecule has 0 spiro atoms. The predicted octanol–water partition coefficient (Wildman–Crippen LogP) is 2.32. The molecule has 0 aliphatic carbocycles. The molecule has 0 aromatic heterocycles. The van der Waals surface area contributed by atoms with Crippen molar-refractivity contribution in [3.05, 3.63) is 29.3 Å². The number of hydrogen-bond donors (Lipinski definition) is 3. The fourth-order valence-electron chi connectivity index (χ4n) is 3.05. The van der Waals surface area contributed by atoms with Gasteiger partial charge in [0.1, 0.15) is 0 Å². The minimum atomic E-state index is -0.876. The lowest BCUT2D eigenvalue weighted by Crippen LogP contribution is -2.47. The highest BCUT2D eigenvalue weighted by atomic mass is 16.4. The summed E-state index contributed by atoms with van der Waals surface area (Å²) in [6.07, 6.45) is 0.574. The third-order valence-corrected chi connectivity index (χ3v) is 4.37. The Balaban J connectivity index is 2.12. The first-order valence-electron chi connectivity index (χ1n) is 8.49. The molecule has 1 saturated heterocycles. The molecule has 3 amide bonds. The summed E-state index contributed by atoms with van der Waals surface area (Å²) in [7, 11) is 0. The largest absolute Gasteiger partial charge is 0.481 e. The Morgan fingerprint density at radius 2 is 2.00 bits per heavy atom. The molecule has 7 heteroatoms. The number of carbonyl (C=O) groups excluding carboxylic acids is 2. The number of likely N-dealkylation sites (tertiary alicyclic amines) is 1. The minimum Gasteiger partial charge on any atom is -0.481 e. The summed E-state index contributed by atoms with van der Waals surface area (Å²) in [4.78, 5) is 37.3. The molecule has 7 nitrogen and oxygen atoms in total. The summed E-state index contributed by atoms with van der Waals surface area (Å²) in [6, 6.07) is 4.78. The van der Waals surface area contributed by atoms with E-state index in [0.717, 1.165) is 5.56 Å². The Labute approximate surface area is 147 Å². The van der Waals surface area contributed by atoms with Crippen LogP contribution in [0, 0.1) is 18.8 Å². The molecule has 2 rings (SSSR count). The van der Waals surface area contributed by atoms with Crippen molar-refractivity contribution in [3.63, 3.8) is 0 Å². The van der Waals surface area contributed by atoms with Crippen molar-refractivity contribution in [1.29, 1.82) is 0 Å². The molecule has 1 aliphatic rings. The van der Waals surface area contributed by atoms with Crippen LogP contribution < -0.4 is 10.6 Å². The van der Waals surface area contributed by atoms with Crippen molar-refractivity contribution in [2.45, 2.75) is 27.2 Å². The molecule has 2 atom stereocenters. The molecule has 3 N–H and O–H groups in total. The van der Waals surface area contributed by atoms with Crippen LogP contribution in [-0.4, -0.2) is 47.5 Å². The number of rotatable bonds is 4. The number of hydrogen-bond acceptors (Lipinski definition) is 3. The number of nitrogens with one attached hydrogen (secondary N) is 2. The number of carboxylic acids is 1. The third kappa shape index (κ3) is 4.71. The molecule has 1 fully saturated rings. The number of anilines is 1. The van der Waals surface area contributed by atoms with Gasteiger partial charge in [-0.1, -0.05) is 13.0 Å². The van der Waals surface area contributed by atoms with Crippen LogP contribution >= 0.6 is 0 Å². The van der Waals surface area contributed by atoms with Gasteiger partial charge in [0.05, 0.1) is 5.92 Å². The second-order valence-electron chi connectivity index (χ2n) is 6.60. The van der Waals surface area contributed by atoms with Gasteiger partial charge < -0.3 is 20.6 Å². The van der Waals surface area contributed by atoms with Crippen LogP contribution in [0.1, 0.15) is 36.2 Å². The maximum atomic E-state index is 12.6. The summed E-state index contributed by atoms with van der Waals surface area (Å²) in [5.74, 6) is -1.49. The molecule has 2 unspecified atom stereocenters. The van der Waals surface area contributed by atoms with Crippen molar-refractivity contribution >= 4 is 23.6 Å². The summed E-state index contributed by atoms with van der Waals surface area (Å²) in [5, 5.41) is 14.8. The van der Waals surface area contributed by atoms with Crippen LogP contribution in [0.5, 0.6) is 0 Å². The van der Waals surface area contributed by atoms with Gasteiger partial charge in [0, 0.05) is 30.9 Å². The van der Waals surface area contributed by atoms with E-state index < -0.39 is 11.9 Å². The van der Waals surface area contributed by atoms with E-state index in [0.29, 0.717) is 30.8 Å². The minimum absolute atomic E-state index is 0.128. The fraction of sp³-hybridized carbons (Fsp3) is 0.500. The Morgan fingerprint density at radius 1 is 1.28 bits per heavy atom. The normalized spacial score (nSPS) is 20.0. The summed E-state index contributed by atoms with van der Waals surface area (Å²) >= 11 is 0. The Morgan fingerprint density at radius 3 is 2.64 bits per heavy atom. The number of benzene rings is 1. The smallest absolute Gasteiger partial charge is 0.321 e. The van der Waals surface area contributed by atoms with Crippen molar-refractivity contribution in [3.8, 4) is 0 Å². The number of carbonyl (C=O) groups is 3. The molecule has 0 saturated carbocycles. The Kier molecular flexibility index (Phi) is 6.01. The molecule has 1 aliphatic heterocycles. The lowest BCUT2D eigenvalue weighted by atomic mass is 9.91. The molecule has 1 aromatic carbocycles. The SMILES string of the molecule is CCNC(=O)c1ccc(C)c(NC(=O)N2CC(C)CC(C(=O)O)C2)c1. The average molecular weight is 347 g/mol. The van der Waals surface area contributed by atoms with Crippen LogP contribution in [0.3, 0.4) is 0 Å². The molecule has 0 bridgehead atoms. The molecule has 136 valence electrons. The number of carboxylic acid groups (broad SMARTS) is 1. The predicted molar refractivity (Wildman–Crippen MR) is 94.7 cm³/mol. The highest BCUT2D eigenvalue weighted by Crippen LogP contribution is 2.23. The lowest BCUT2D eigenvalue weighted by molar-refractivity contribution is -0.143. The Hall–Kier alpha value is -2.57. The van der Waals surface area contributed by atoms with Gasteiger partial charge in [0.25, 0.3) is 5.91 Å². The van der Waals surface area contributed by atoms with Gasteiger partial charge in [-0.15, -0.1) is 0 Å². The van der Waals surface area contributed by atoms with Gasteiger partial charge in [-0.25, -0.2) is 4.79 Å². The first-order valence-corrected chi connectivity index (χ1v) is 8.49. The fourth-order valence-corrected chi connectivity index (χ4v) is 3.05. The van der Waals surface area contributed by atoms with E-state index in [1.165, 1.54) is 4.90 Å². The van der Waals surface area contributed by atoms with Crippen molar-refractivity contribution in [1.82, 2.24) is 10.2 Å². The number of aryl methyl sites for hydroxylation is 1.